The van der Waals surface area contributed by atoms with Gasteiger partial charge in [0.2, 0.25) is 0 Å². The lowest BCUT2D eigenvalue weighted by atomic mass is 9.90. The number of aromatic hydroxyl groups is 1. The van der Waals surface area contributed by atoms with Gasteiger partial charge in [0.05, 0.1) is 23.2 Å². The van der Waals surface area contributed by atoms with Crippen molar-refractivity contribution in [2.24, 2.45) is 0 Å². The van der Waals surface area contributed by atoms with Gasteiger partial charge in [-0.15, -0.1) is 0 Å². The zero-order valence-electron chi connectivity index (χ0n) is 18.8. The van der Waals surface area contributed by atoms with Crippen molar-refractivity contribution in [2.75, 3.05) is 6.61 Å². The number of rotatable bonds is 5. The Morgan fingerprint density at radius 1 is 1.12 bits per heavy atom. The van der Waals surface area contributed by atoms with Crippen LogP contribution in [-0.4, -0.2) is 39.5 Å². The molecule has 1 saturated heterocycles. The summed E-state index contributed by atoms with van der Waals surface area (Å²) in [6.45, 7) is 4.27. The Hall–Kier alpha value is -2.99. The lowest BCUT2D eigenvalue weighted by molar-refractivity contribution is -0.141. The molecule has 2 fully saturated rings. The van der Waals surface area contributed by atoms with Crippen LogP contribution in [-0.2, 0) is 9.59 Å². The molecule has 0 aromatic heterocycles. The van der Waals surface area contributed by atoms with Crippen molar-refractivity contribution in [3.63, 3.8) is 0 Å². The topological polar surface area (TPSA) is 87.1 Å². The Labute approximate surface area is 198 Å². The number of aliphatic hydroxyl groups is 1. The summed E-state index contributed by atoms with van der Waals surface area (Å²) >= 11 is 6.18. The van der Waals surface area contributed by atoms with Crippen LogP contribution in [0.15, 0.2) is 42.0 Å². The number of carbonyl (C=O) groups is 2. The molecule has 6 nitrogen and oxygen atoms in total. The zero-order valence-corrected chi connectivity index (χ0v) is 19.6. The molecule has 1 amide bonds. The number of hydrogen-bond donors (Lipinski definition) is 2. The molecular weight excluding hydrogens is 442 g/mol. The average Bonchev–Trinajstić information content (AvgIpc) is 3.07. The molecule has 2 aliphatic rings. The van der Waals surface area contributed by atoms with E-state index in [0.29, 0.717) is 23.5 Å². The molecule has 7 heteroatoms. The Morgan fingerprint density at radius 2 is 1.85 bits per heavy atom. The molecule has 1 aliphatic heterocycles. The number of hydrogen-bond acceptors (Lipinski definition) is 5. The summed E-state index contributed by atoms with van der Waals surface area (Å²) in [5, 5.41) is 21.3. The van der Waals surface area contributed by atoms with Crippen LogP contribution in [0.5, 0.6) is 11.5 Å². The average molecular weight is 470 g/mol. The van der Waals surface area contributed by atoms with Gasteiger partial charge in [0.15, 0.2) is 0 Å². The Bertz CT molecular complexity index is 1120. The first kappa shape index (κ1) is 23.2. The van der Waals surface area contributed by atoms with Crippen molar-refractivity contribution >= 4 is 29.1 Å². The number of aliphatic hydroxyl groups excluding tert-OH is 1. The fourth-order valence-corrected chi connectivity index (χ4v) is 5.06. The zero-order chi connectivity index (χ0) is 23.7. The van der Waals surface area contributed by atoms with E-state index in [1.807, 2.05) is 13.8 Å². The van der Waals surface area contributed by atoms with Gasteiger partial charge in [-0.1, -0.05) is 36.9 Å². The summed E-state index contributed by atoms with van der Waals surface area (Å²) in [6, 6.07) is 8.94. The van der Waals surface area contributed by atoms with Crippen LogP contribution < -0.4 is 4.74 Å². The minimum atomic E-state index is -0.780. The maximum Gasteiger partial charge on any atom is 0.295 e. The molecule has 1 unspecified atom stereocenters. The molecule has 0 bridgehead atoms. The molecule has 2 aromatic rings. The smallest absolute Gasteiger partial charge is 0.295 e. The first-order valence-corrected chi connectivity index (χ1v) is 11.7. The first-order chi connectivity index (χ1) is 15.8. The highest BCUT2D eigenvalue weighted by Gasteiger charge is 2.49. The Morgan fingerprint density at radius 3 is 2.48 bits per heavy atom. The normalized spacial score (nSPS) is 20.9. The van der Waals surface area contributed by atoms with E-state index in [1.54, 1.807) is 35.2 Å². The standard InChI is InChI=1S/C26H28ClNO5/c1-3-33-21-12-10-17(13-15(21)2)24(30)22-23(16-9-11-20(29)19(27)14-16)28(26(32)25(22)31)18-7-5-4-6-8-18/h9-14,18,23,29-30H,3-8H2,1-2H3/b24-22-. The minimum absolute atomic E-state index is 0.0379. The van der Waals surface area contributed by atoms with Crippen molar-refractivity contribution in [1.29, 1.82) is 0 Å². The molecule has 1 atom stereocenters. The van der Waals surface area contributed by atoms with E-state index in [0.717, 1.165) is 37.7 Å². The van der Waals surface area contributed by atoms with E-state index in [4.69, 9.17) is 16.3 Å². The summed E-state index contributed by atoms with van der Waals surface area (Å²) in [7, 11) is 0. The van der Waals surface area contributed by atoms with Gasteiger partial charge in [0.25, 0.3) is 11.7 Å². The predicted octanol–water partition coefficient (Wildman–Crippen LogP) is 5.51. The molecule has 1 saturated carbocycles. The van der Waals surface area contributed by atoms with Gasteiger partial charge in [-0.2, -0.15) is 0 Å². The number of aryl methyl sites for hydroxylation is 1. The summed E-state index contributed by atoms with van der Waals surface area (Å²) < 4.78 is 5.58. The number of amides is 1. The van der Waals surface area contributed by atoms with E-state index in [9.17, 15) is 19.8 Å². The molecule has 2 N–H and O–H groups in total. The molecule has 33 heavy (non-hydrogen) atoms. The monoisotopic (exact) mass is 469 g/mol. The number of phenolic OH excluding ortho intramolecular Hbond substituents is 1. The second-order valence-corrected chi connectivity index (χ2v) is 9.03. The molecule has 1 aliphatic carbocycles. The third-order valence-corrected chi connectivity index (χ3v) is 6.79. The van der Waals surface area contributed by atoms with Crippen molar-refractivity contribution in [3.05, 3.63) is 63.7 Å². The van der Waals surface area contributed by atoms with Crippen molar-refractivity contribution in [1.82, 2.24) is 4.90 Å². The second-order valence-electron chi connectivity index (χ2n) is 8.62. The number of likely N-dealkylation sites (tertiary alicyclic amines) is 1. The van der Waals surface area contributed by atoms with E-state index >= 15 is 0 Å². The Kier molecular flexibility index (Phi) is 6.66. The second kappa shape index (κ2) is 9.48. The van der Waals surface area contributed by atoms with Gasteiger partial charge in [-0.05, 0) is 68.1 Å². The number of phenols is 1. The summed E-state index contributed by atoms with van der Waals surface area (Å²) in [5.74, 6) is -0.943. The highest BCUT2D eigenvalue weighted by atomic mass is 35.5. The molecule has 4 rings (SSSR count). The van der Waals surface area contributed by atoms with Crippen LogP contribution in [0.1, 0.15) is 61.8 Å². The van der Waals surface area contributed by atoms with Crippen LogP contribution in [0.2, 0.25) is 5.02 Å². The number of benzene rings is 2. The van der Waals surface area contributed by atoms with Gasteiger partial charge in [-0.25, -0.2) is 0 Å². The number of halogens is 1. The van der Waals surface area contributed by atoms with E-state index in [2.05, 4.69) is 0 Å². The third kappa shape index (κ3) is 4.32. The van der Waals surface area contributed by atoms with Gasteiger partial charge in [-0.3, -0.25) is 9.59 Å². The summed E-state index contributed by atoms with van der Waals surface area (Å²) in [6.07, 6.45) is 4.67. The number of nitrogens with zero attached hydrogens (tertiary/aromatic N) is 1. The summed E-state index contributed by atoms with van der Waals surface area (Å²) in [4.78, 5) is 28.1. The van der Waals surface area contributed by atoms with Gasteiger partial charge in [0.1, 0.15) is 17.3 Å². The number of Topliss-reactive ketones (excluding diaryl/α,β-unsaturated/α-hetero) is 1. The number of carbonyl (C=O) groups excluding carboxylic acids is 2. The van der Waals surface area contributed by atoms with Gasteiger partial charge >= 0.3 is 0 Å². The quantitative estimate of drug-likeness (QED) is 0.342. The fraction of sp³-hybridized carbons (Fsp3) is 0.385. The van der Waals surface area contributed by atoms with Crippen molar-refractivity contribution in [3.8, 4) is 11.5 Å². The highest BCUT2D eigenvalue weighted by Crippen LogP contribution is 2.44. The highest BCUT2D eigenvalue weighted by molar-refractivity contribution is 6.46. The molecular formula is C26H28ClNO5. The molecule has 1 heterocycles. The van der Waals surface area contributed by atoms with Crippen LogP contribution in [0.25, 0.3) is 5.76 Å². The number of ketones is 1. The van der Waals surface area contributed by atoms with Gasteiger partial charge in [0, 0.05) is 11.6 Å². The third-order valence-electron chi connectivity index (χ3n) is 6.48. The van der Waals surface area contributed by atoms with Gasteiger partial charge < -0.3 is 19.8 Å². The minimum Gasteiger partial charge on any atom is -0.507 e. The molecule has 2 aromatic carbocycles. The van der Waals surface area contributed by atoms with Crippen LogP contribution in [0.3, 0.4) is 0 Å². The maximum atomic E-state index is 13.2. The van der Waals surface area contributed by atoms with Crippen LogP contribution in [0.4, 0.5) is 0 Å². The largest absolute Gasteiger partial charge is 0.507 e. The fourth-order valence-electron chi connectivity index (χ4n) is 4.88. The van der Waals surface area contributed by atoms with Crippen LogP contribution in [0, 0.1) is 6.92 Å². The SMILES string of the molecule is CCOc1ccc(/C(O)=C2/C(=O)C(=O)N(C3CCCCC3)C2c2ccc(O)c(Cl)c2)cc1C. The predicted molar refractivity (Wildman–Crippen MR) is 126 cm³/mol. The lowest BCUT2D eigenvalue weighted by Crippen LogP contribution is -2.40. The first-order valence-electron chi connectivity index (χ1n) is 11.4. The maximum absolute atomic E-state index is 13.2. The van der Waals surface area contributed by atoms with Crippen molar-refractivity contribution in [2.45, 2.75) is 58.0 Å². The lowest BCUT2D eigenvalue weighted by Gasteiger charge is -2.35. The van der Waals surface area contributed by atoms with E-state index < -0.39 is 17.7 Å². The molecule has 0 spiro atoms. The van der Waals surface area contributed by atoms with E-state index in [1.165, 1.54) is 6.07 Å². The van der Waals surface area contributed by atoms with Crippen LogP contribution >= 0.6 is 11.6 Å². The summed E-state index contributed by atoms with van der Waals surface area (Å²) in [5.41, 5.74) is 1.86. The van der Waals surface area contributed by atoms with Crippen molar-refractivity contribution < 1.29 is 24.5 Å². The molecule has 0 radical (unpaired) electrons. The molecule has 174 valence electrons. The van der Waals surface area contributed by atoms with E-state index in [-0.39, 0.29) is 28.1 Å². The number of ether oxygens (including phenoxy) is 1. The Balaban J connectivity index is 1.86.